The van der Waals surface area contributed by atoms with Crippen molar-refractivity contribution in [1.82, 2.24) is 14.5 Å². The molecule has 1 aromatic heterocycles. The van der Waals surface area contributed by atoms with Crippen LogP contribution in [0.15, 0.2) is 67.3 Å². The first kappa shape index (κ1) is 17.0. The van der Waals surface area contributed by atoms with Gasteiger partial charge in [0.25, 0.3) is 11.6 Å². The predicted octanol–water partition coefficient (Wildman–Crippen LogP) is 3.59. The van der Waals surface area contributed by atoms with Crippen molar-refractivity contribution in [2.45, 2.75) is 25.4 Å². The molecule has 3 aromatic rings. The van der Waals surface area contributed by atoms with Crippen molar-refractivity contribution >= 4 is 11.6 Å². The van der Waals surface area contributed by atoms with Crippen molar-refractivity contribution < 1.29 is 9.72 Å². The smallest absolute Gasteiger partial charge is 0.294 e. The molecule has 1 heterocycles. The van der Waals surface area contributed by atoms with Gasteiger partial charge in [0.05, 0.1) is 11.3 Å². The van der Waals surface area contributed by atoms with Crippen LogP contribution in [0.1, 0.15) is 28.8 Å². The summed E-state index contributed by atoms with van der Waals surface area (Å²) >= 11 is 0. The molecule has 1 amide bonds. The summed E-state index contributed by atoms with van der Waals surface area (Å²) in [6, 6.07) is 14.6. The van der Waals surface area contributed by atoms with E-state index in [0.717, 1.165) is 18.4 Å². The molecular weight excluding hydrogens is 344 g/mol. The van der Waals surface area contributed by atoms with Crippen molar-refractivity contribution in [1.29, 1.82) is 0 Å². The van der Waals surface area contributed by atoms with E-state index >= 15 is 0 Å². The largest absolute Gasteiger partial charge is 0.331 e. The quantitative estimate of drug-likeness (QED) is 0.496. The highest BCUT2D eigenvalue weighted by atomic mass is 16.6. The molecule has 136 valence electrons. The molecule has 1 fully saturated rings. The van der Waals surface area contributed by atoms with E-state index in [1.165, 1.54) is 12.4 Å². The van der Waals surface area contributed by atoms with Gasteiger partial charge in [-0.2, -0.15) is 0 Å². The second-order valence-electron chi connectivity index (χ2n) is 6.58. The zero-order chi connectivity index (χ0) is 18.8. The predicted molar refractivity (Wildman–Crippen MR) is 99.6 cm³/mol. The Morgan fingerprint density at radius 2 is 2.00 bits per heavy atom. The fourth-order valence-electron chi connectivity index (χ4n) is 3.12. The summed E-state index contributed by atoms with van der Waals surface area (Å²) in [4.78, 5) is 29.9. The molecule has 0 atom stereocenters. The van der Waals surface area contributed by atoms with E-state index in [9.17, 15) is 14.9 Å². The lowest BCUT2D eigenvalue weighted by molar-refractivity contribution is -0.384. The van der Waals surface area contributed by atoms with Crippen LogP contribution in [0.5, 0.6) is 0 Å². The van der Waals surface area contributed by atoms with Gasteiger partial charge in [0.2, 0.25) is 0 Å². The van der Waals surface area contributed by atoms with Crippen molar-refractivity contribution in [3.05, 3.63) is 88.5 Å². The highest BCUT2D eigenvalue weighted by molar-refractivity contribution is 5.95. The zero-order valence-corrected chi connectivity index (χ0v) is 14.6. The summed E-state index contributed by atoms with van der Waals surface area (Å²) in [7, 11) is 0. The number of benzene rings is 2. The maximum absolute atomic E-state index is 13.1. The summed E-state index contributed by atoms with van der Waals surface area (Å²) in [6.45, 7) is 0.501. The SMILES string of the molecule is O=C(c1ccc(-n2ccnc2)c([N+](=O)[O-])c1)N(Cc1ccccc1)C1CC1. The normalized spacial score (nSPS) is 13.3. The van der Waals surface area contributed by atoms with E-state index in [-0.39, 0.29) is 17.6 Å². The van der Waals surface area contributed by atoms with E-state index in [1.807, 2.05) is 35.2 Å². The number of hydrogen-bond acceptors (Lipinski definition) is 4. The van der Waals surface area contributed by atoms with E-state index in [0.29, 0.717) is 17.8 Å². The molecular formula is C20H18N4O3. The van der Waals surface area contributed by atoms with Crippen LogP contribution in [0, 0.1) is 10.1 Å². The molecule has 1 aliphatic carbocycles. The molecule has 7 heteroatoms. The van der Waals surface area contributed by atoms with E-state index in [4.69, 9.17) is 0 Å². The molecule has 7 nitrogen and oxygen atoms in total. The Morgan fingerprint density at radius 1 is 1.22 bits per heavy atom. The van der Waals surface area contributed by atoms with Crippen LogP contribution in [0.2, 0.25) is 0 Å². The second kappa shape index (κ2) is 7.03. The van der Waals surface area contributed by atoms with Crippen LogP contribution in [0.25, 0.3) is 5.69 Å². The minimum Gasteiger partial charge on any atom is -0.331 e. The van der Waals surface area contributed by atoms with Gasteiger partial charge in [-0.15, -0.1) is 0 Å². The Morgan fingerprint density at radius 3 is 2.63 bits per heavy atom. The number of rotatable bonds is 6. The minimum atomic E-state index is -0.467. The van der Waals surface area contributed by atoms with Gasteiger partial charge in [0.15, 0.2) is 0 Å². The molecule has 0 N–H and O–H groups in total. The Hall–Kier alpha value is -3.48. The molecule has 1 aliphatic rings. The maximum Gasteiger partial charge on any atom is 0.294 e. The molecule has 0 spiro atoms. The number of carbonyl (C=O) groups excluding carboxylic acids is 1. The first-order chi connectivity index (χ1) is 13.1. The van der Waals surface area contributed by atoms with Gasteiger partial charge in [-0.3, -0.25) is 14.9 Å². The first-order valence-corrected chi connectivity index (χ1v) is 8.75. The lowest BCUT2D eigenvalue weighted by Crippen LogP contribution is -2.32. The van der Waals surface area contributed by atoms with Crippen molar-refractivity contribution in [2.24, 2.45) is 0 Å². The number of nitro benzene ring substituents is 1. The molecule has 0 unspecified atom stereocenters. The van der Waals surface area contributed by atoms with Gasteiger partial charge in [0, 0.05) is 36.6 Å². The topological polar surface area (TPSA) is 81.3 Å². The number of aromatic nitrogens is 2. The fourth-order valence-corrected chi connectivity index (χ4v) is 3.12. The van der Waals surface area contributed by atoms with Crippen LogP contribution < -0.4 is 0 Å². The van der Waals surface area contributed by atoms with Gasteiger partial charge in [-0.1, -0.05) is 30.3 Å². The third-order valence-electron chi connectivity index (χ3n) is 4.65. The Bertz CT molecular complexity index is 966. The lowest BCUT2D eigenvalue weighted by atomic mass is 10.1. The summed E-state index contributed by atoms with van der Waals surface area (Å²) < 4.78 is 1.56. The molecule has 0 saturated heterocycles. The highest BCUT2D eigenvalue weighted by Crippen LogP contribution is 2.31. The number of nitrogens with zero attached hydrogens (tertiary/aromatic N) is 4. The second-order valence-corrected chi connectivity index (χ2v) is 6.58. The maximum atomic E-state index is 13.1. The van der Waals surface area contributed by atoms with Crippen LogP contribution >= 0.6 is 0 Å². The monoisotopic (exact) mass is 362 g/mol. The lowest BCUT2D eigenvalue weighted by Gasteiger charge is -2.23. The Kier molecular flexibility index (Phi) is 4.42. The molecule has 0 bridgehead atoms. The van der Waals surface area contributed by atoms with Gasteiger partial charge in [-0.05, 0) is 30.5 Å². The van der Waals surface area contributed by atoms with Crippen molar-refractivity contribution in [3.8, 4) is 5.69 Å². The summed E-state index contributed by atoms with van der Waals surface area (Å²) in [5.74, 6) is -0.179. The average molecular weight is 362 g/mol. The van der Waals surface area contributed by atoms with Gasteiger partial charge < -0.3 is 9.47 Å². The minimum absolute atomic E-state index is 0.116. The van der Waals surface area contributed by atoms with Gasteiger partial charge in [0.1, 0.15) is 5.69 Å². The van der Waals surface area contributed by atoms with Crippen LogP contribution in [0.4, 0.5) is 5.69 Å². The van der Waals surface area contributed by atoms with E-state index in [2.05, 4.69) is 4.98 Å². The summed E-state index contributed by atoms with van der Waals surface area (Å²) in [5, 5.41) is 11.5. The number of amides is 1. The first-order valence-electron chi connectivity index (χ1n) is 8.75. The number of hydrogen-bond donors (Lipinski definition) is 0. The zero-order valence-electron chi connectivity index (χ0n) is 14.6. The third kappa shape index (κ3) is 3.57. The average Bonchev–Trinajstić information content (AvgIpc) is 3.39. The number of nitro groups is 1. The van der Waals surface area contributed by atoms with Crippen molar-refractivity contribution in [3.63, 3.8) is 0 Å². The van der Waals surface area contributed by atoms with Crippen LogP contribution in [-0.4, -0.2) is 31.3 Å². The molecule has 2 aromatic carbocycles. The van der Waals surface area contributed by atoms with Crippen LogP contribution in [0.3, 0.4) is 0 Å². The Labute approximate surface area is 156 Å². The third-order valence-corrected chi connectivity index (χ3v) is 4.65. The molecule has 4 rings (SSSR count). The van der Waals surface area contributed by atoms with E-state index < -0.39 is 4.92 Å². The molecule has 0 aliphatic heterocycles. The van der Waals surface area contributed by atoms with Gasteiger partial charge >= 0.3 is 0 Å². The number of imidazole rings is 1. The molecule has 1 saturated carbocycles. The highest BCUT2D eigenvalue weighted by Gasteiger charge is 2.33. The standard InChI is InChI=1S/C20H18N4O3/c25-20(23(17-7-8-17)13-15-4-2-1-3-5-15)16-6-9-18(19(12-16)24(26)27)22-11-10-21-14-22/h1-6,9-12,14,17H,7-8,13H2. The van der Waals surface area contributed by atoms with Gasteiger partial charge in [-0.25, -0.2) is 4.98 Å². The Balaban J connectivity index is 1.66. The van der Waals surface area contributed by atoms with Crippen molar-refractivity contribution in [2.75, 3.05) is 0 Å². The summed E-state index contributed by atoms with van der Waals surface area (Å²) in [6.07, 6.45) is 6.62. The summed E-state index contributed by atoms with van der Waals surface area (Å²) in [5.41, 5.74) is 1.64. The molecule has 27 heavy (non-hydrogen) atoms. The number of carbonyl (C=O) groups is 1. The molecule has 0 radical (unpaired) electrons. The van der Waals surface area contributed by atoms with E-state index in [1.54, 1.807) is 29.1 Å². The van der Waals surface area contributed by atoms with Crippen LogP contribution in [-0.2, 0) is 6.54 Å². The fraction of sp³-hybridized carbons (Fsp3) is 0.200.